The van der Waals surface area contributed by atoms with Crippen molar-refractivity contribution in [2.24, 2.45) is 34.0 Å². The smallest absolute Gasteiger partial charge is 0.422 e. The van der Waals surface area contributed by atoms with Crippen molar-refractivity contribution in [3.63, 3.8) is 0 Å². The van der Waals surface area contributed by atoms with Gasteiger partial charge in [-0.1, -0.05) is 173 Å². The van der Waals surface area contributed by atoms with Gasteiger partial charge in [0, 0.05) is 11.4 Å². The Hall–Kier alpha value is -7.82. The molecule has 5 aliphatic carbocycles. The van der Waals surface area contributed by atoms with Gasteiger partial charge in [0.25, 0.3) is 0 Å². The molecule has 0 radical (unpaired) electrons. The number of halogens is 3. The minimum Gasteiger partial charge on any atom is -0.872 e. The lowest BCUT2D eigenvalue weighted by Crippen LogP contribution is -2.54. The highest BCUT2D eigenvalue weighted by atomic mass is 32.2. The maximum absolute atomic E-state index is 12.3. The van der Waals surface area contributed by atoms with E-state index in [1.165, 1.54) is 105 Å². The standard InChI is InChI=1S/2C18H15S.C16H30O2.C11H16O2.C10H15F3O4.C7H6O3/c2*1-4-10-16(11-5-1)19(17-12-6-2-7-13-17)18-14-8-3-9-15-18;1-5-15(3,4)14(17)18-16(6-2)12-10-8-7-9-11-13-16;12-10(13)11-4-7-1-8(5-11)3-9(2-7)6-11;1-4-9(2,3)8(15)16-5-7(14)17-6-10(11,12)13;8-6-4-2-1-3-5(6)7(9)10/h2*1-15H;5-13H2,1-4H3;7-9H,1-6H2,(H,12,13);4-6H2,1-3H3;1-4,8H,(H,9,10)/q2*+1;;;;/p-2. The molecule has 5 saturated carbocycles. The lowest BCUT2D eigenvalue weighted by molar-refractivity contribution is -0.327. The van der Waals surface area contributed by atoms with E-state index in [9.17, 15) is 47.4 Å². The number of benzene rings is 7. The number of hydrogen-bond acceptors (Lipinski definition) is 10. The summed E-state index contributed by atoms with van der Waals surface area (Å²) in [6, 6.07) is 69.8. The summed E-state index contributed by atoms with van der Waals surface area (Å²) in [5.74, 6) is -2.12. The first-order chi connectivity index (χ1) is 45.8. The number of aliphatic carboxylic acids is 1. The molecule has 11 nitrogen and oxygen atoms in total. The lowest BCUT2D eigenvalue weighted by atomic mass is 9.49. The molecule has 0 atom stereocenters. The molecule has 7 aromatic rings. The molecular formula is C80H95F3O11S2. The molecule has 0 amide bonds. The monoisotopic (exact) mass is 1350 g/mol. The van der Waals surface area contributed by atoms with Gasteiger partial charge >= 0.3 is 30.1 Å². The molecule has 0 saturated heterocycles. The Morgan fingerprint density at radius 1 is 0.490 bits per heavy atom. The maximum atomic E-state index is 12.3. The molecular weight excluding hydrogens is 1260 g/mol. The average Bonchev–Trinajstić information content (AvgIpc) is 0.746. The van der Waals surface area contributed by atoms with Crippen molar-refractivity contribution < 1.29 is 66.7 Å². The Bertz CT molecular complexity index is 3110. The molecule has 0 heterocycles. The molecule has 12 rings (SSSR count). The highest BCUT2D eigenvalue weighted by Gasteiger charge is 2.51. The first-order valence-corrected chi connectivity index (χ1v) is 35.9. The second-order valence-corrected chi connectivity index (χ2v) is 30.4. The van der Waals surface area contributed by atoms with Crippen LogP contribution in [0.1, 0.15) is 162 Å². The van der Waals surface area contributed by atoms with Crippen LogP contribution in [0.5, 0.6) is 5.75 Å². The van der Waals surface area contributed by atoms with Crippen LogP contribution in [0, 0.1) is 34.0 Å². The number of ether oxygens (including phenoxy) is 3. The van der Waals surface area contributed by atoms with E-state index in [0.717, 1.165) is 44.9 Å². The molecule has 96 heavy (non-hydrogen) atoms. The second-order valence-electron chi connectivity index (χ2n) is 26.3. The van der Waals surface area contributed by atoms with Gasteiger partial charge in [0.1, 0.15) is 5.60 Å². The molecule has 5 fully saturated rings. The summed E-state index contributed by atoms with van der Waals surface area (Å²) in [4.78, 5) is 64.0. The third-order valence-electron chi connectivity index (χ3n) is 18.3. The van der Waals surface area contributed by atoms with Gasteiger partial charge in [0.2, 0.25) is 0 Å². The first kappa shape index (κ1) is 77.2. The Morgan fingerprint density at radius 2 is 0.812 bits per heavy atom. The Kier molecular flexibility index (Phi) is 30.3. The first-order valence-electron chi connectivity index (χ1n) is 33.5. The highest BCUT2D eigenvalue weighted by Crippen LogP contribution is 2.59. The third kappa shape index (κ3) is 24.1. The molecule has 0 spiro atoms. The van der Waals surface area contributed by atoms with E-state index in [-0.39, 0.29) is 44.3 Å². The number of carboxylic acid groups (broad SMARTS) is 2. The van der Waals surface area contributed by atoms with E-state index in [0.29, 0.717) is 24.2 Å². The van der Waals surface area contributed by atoms with Crippen molar-refractivity contribution in [3.8, 4) is 5.75 Å². The number of hydrogen-bond donors (Lipinski definition) is 1. The molecule has 5 aliphatic rings. The van der Waals surface area contributed by atoms with E-state index < -0.39 is 59.8 Å². The summed E-state index contributed by atoms with van der Waals surface area (Å²) < 4.78 is 49.4. The number of rotatable bonds is 17. The third-order valence-corrected chi connectivity index (χ3v) is 22.7. The number of carbonyl (C=O) groups excluding carboxylic acids is 4. The number of para-hydroxylation sites is 1. The molecule has 1 N–H and O–H groups in total. The van der Waals surface area contributed by atoms with E-state index in [1.54, 1.807) is 20.8 Å². The molecule has 514 valence electrons. The molecule has 4 bridgehead atoms. The summed E-state index contributed by atoms with van der Waals surface area (Å²) in [5.41, 5.74) is -1.87. The van der Waals surface area contributed by atoms with E-state index in [2.05, 4.69) is 205 Å². The van der Waals surface area contributed by atoms with E-state index >= 15 is 0 Å². The number of carboxylic acids is 2. The summed E-state index contributed by atoms with van der Waals surface area (Å²) in [6.07, 6.45) is 12.8. The molecule has 0 aromatic heterocycles. The van der Waals surface area contributed by atoms with Gasteiger partial charge in [0.05, 0.1) is 38.2 Å². The van der Waals surface area contributed by atoms with Crippen molar-refractivity contribution in [2.75, 3.05) is 13.2 Å². The minimum absolute atomic E-state index is 0.00702. The Balaban J connectivity index is 0.000000184. The van der Waals surface area contributed by atoms with Crippen LogP contribution in [0.25, 0.3) is 0 Å². The molecule has 0 aliphatic heterocycles. The fourth-order valence-corrected chi connectivity index (χ4v) is 16.6. The van der Waals surface area contributed by atoms with Crippen LogP contribution in [0.3, 0.4) is 0 Å². The summed E-state index contributed by atoms with van der Waals surface area (Å²) >= 11 is 0. The zero-order valence-electron chi connectivity index (χ0n) is 56.6. The van der Waals surface area contributed by atoms with E-state index in [4.69, 9.17) is 9.84 Å². The predicted molar refractivity (Wildman–Crippen MR) is 369 cm³/mol. The quantitative estimate of drug-likeness (QED) is 0.0521. The zero-order valence-corrected chi connectivity index (χ0v) is 58.2. The van der Waals surface area contributed by atoms with Crippen LogP contribution >= 0.6 is 0 Å². The van der Waals surface area contributed by atoms with Crippen molar-refractivity contribution in [1.29, 1.82) is 0 Å². The van der Waals surface area contributed by atoms with Gasteiger partial charge < -0.3 is 34.3 Å². The van der Waals surface area contributed by atoms with E-state index in [1.807, 2.05) is 13.8 Å². The minimum atomic E-state index is -4.58. The lowest BCUT2D eigenvalue weighted by Gasteiger charge is -2.57. The van der Waals surface area contributed by atoms with Crippen LogP contribution < -0.4 is 10.2 Å². The van der Waals surface area contributed by atoms with Crippen molar-refractivity contribution in [2.45, 2.75) is 192 Å². The normalized spacial score (nSPS) is 18.3. The summed E-state index contributed by atoms with van der Waals surface area (Å²) in [7, 11) is -0.0293. The Morgan fingerprint density at radius 3 is 1.10 bits per heavy atom. The molecule has 16 heteroatoms. The second kappa shape index (κ2) is 37.6. The molecule has 7 aromatic carbocycles. The van der Waals surface area contributed by atoms with Gasteiger partial charge in [-0.2, -0.15) is 13.2 Å². The molecule has 0 unspecified atom stereocenters. The van der Waals surface area contributed by atoms with Crippen LogP contribution in [-0.4, -0.2) is 59.9 Å². The average molecular weight is 1350 g/mol. The van der Waals surface area contributed by atoms with Gasteiger partial charge in [-0.3, -0.25) is 9.59 Å². The van der Waals surface area contributed by atoms with Crippen molar-refractivity contribution in [1.82, 2.24) is 0 Å². The number of alkyl halides is 3. The predicted octanol–water partition coefficient (Wildman–Crippen LogP) is 17.9. The zero-order chi connectivity index (χ0) is 69.8. The maximum Gasteiger partial charge on any atom is 0.422 e. The van der Waals surface area contributed by atoms with Crippen molar-refractivity contribution >= 4 is 51.6 Å². The van der Waals surface area contributed by atoms with Crippen LogP contribution in [0.4, 0.5) is 13.2 Å². The Labute approximate surface area is 572 Å². The van der Waals surface area contributed by atoms with Crippen LogP contribution in [0.2, 0.25) is 0 Å². The SMILES string of the molecule is CCC(C)(C)C(=O)OCC(=O)OCC(F)(F)F.CCC1(OC(=O)C(C)(C)CC)CCCCCCC1.O=C(O)c1ccccc1[O-].O=C([O-])C12CC3CC(CC(C3)C1)C2.c1ccc([S+](c2ccccc2)c2ccccc2)cc1.c1ccc([S+](c2ccccc2)c2ccccc2)cc1. The topological polar surface area (TPSA) is 179 Å². The van der Waals surface area contributed by atoms with Gasteiger partial charge in [-0.25, -0.2) is 9.59 Å². The van der Waals surface area contributed by atoms with Crippen LogP contribution in [0.15, 0.2) is 236 Å². The number of aromatic carboxylic acids is 1. The van der Waals surface area contributed by atoms with Gasteiger partial charge in [-0.15, -0.1) is 0 Å². The fourth-order valence-electron chi connectivity index (χ4n) is 12.4. The number of carbonyl (C=O) groups is 5. The van der Waals surface area contributed by atoms with Crippen LogP contribution in [-0.2, 0) is 55.2 Å². The largest absolute Gasteiger partial charge is 0.872 e. The summed E-state index contributed by atoms with van der Waals surface area (Å²) in [6.45, 7) is 10.7. The fraction of sp³-hybridized carbons (Fsp3) is 0.412. The van der Waals surface area contributed by atoms with Gasteiger partial charge in [-0.05, 0) is 208 Å². The summed E-state index contributed by atoms with van der Waals surface area (Å²) in [5, 5.41) is 30.2. The number of esters is 3. The van der Waals surface area contributed by atoms with Gasteiger partial charge in [0.15, 0.2) is 42.6 Å². The highest BCUT2D eigenvalue weighted by molar-refractivity contribution is 7.97. The van der Waals surface area contributed by atoms with Crippen molar-refractivity contribution in [3.05, 3.63) is 212 Å².